The molecule has 5 nitrogen and oxygen atoms in total. The number of amides is 1. The molecule has 0 aliphatic carbocycles. The van der Waals surface area contributed by atoms with Crippen LogP contribution in [0.3, 0.4) is 0 Å². The Morgan fingerprint density at radius 1 is 1.27 bits per heavy atom. The molecule has 0 heterocycles. The van der Waals surface area contributed by atoms with Crippen molar-refractivity contribution in [3.63, 3.8) is 0 Å². The van der Waals surface area contributed by atoms with Crippen molar-refractivity contribution in [1.29, 1.82) is 5.26 Å². The molecule has 2 aromatic carbocycles. The summed E-state index contributed by atoms with van der Waals surface area (Å²) in [7, 11) is 1.63. The molecule has 0 aliphatic rings. The van der Waals surface area contributed by atoms with Crippen molar-refractivity contribution in [2.45, 2.75) is 13.3 Å². The molecule has 0 aromatic heterocycles. The first-order valence-electron chi connectivity index (χ1n) is 8.07. The maximum atomic E-state index is 12.2. The van der Waals surface area contributed by atoms with Crippen LogP contribution in [0.1, 0.15) is 11.1 Å². The third-order valence-electron chi connectivity index (χ3n) is 3.76. The largest absolute Gasteiger partial charge is 0.497 e. The summed E-state index contributed by atoms with van der Waals surface area (Å²) in [5.41, 5.74) is 2.59. The van der Waals surface area contributed by atoms with Gasteiger partial charge >= 0.3 is 0 Å². The Kier molecular flexibility index (Phi) is 7.07. The van der Waals surface area contributed by atoms with Crippen molar-refractivity contribution in [3.8, 4) is 11.8 Å². The van der Waals surface area contributed by atoms with Crippen LogP contribution in [0.2, 0.25) is 5.02 Å². The zero-order chi connectivity index (χ0) is 18.9. The summed E-state index contributed by atoms with van der Waals surface area (Å²) in [6, 6.07) is 14.8. The number of halogens is 1. The molecule has 2 rings (SSSR count). The summed E-state index contributed by atoms with van der Waals surface area (Å²) in [6.45, 7) is 2.47. The molecule has 2 N–H and O–H groups in total. The molecule has 1 amide bonds. The SMILES string of the molecule is COc1ccc(CCN/C=C(/C#N)C(=O)Nc2ccc(C)c(Cl)c2)cc1. The first kappa shape index (κ1) is 19.4. The fourth-order valence-corrected chi connectivity index (χ4v) is 2.38. The number of methoxy groups -OCH3 is 1. The second kappa shape index (κ2) is 9.50. The zero-order valence-electron chi connectivity index (χ0n) is 14.7. The van der Waals surface area contributed by atoms with E-state index in [1.165, 1.54) is 6.20 Å². The minimum absolute atomic E-state index is 0.00331. The molecule has 0 saturated carbocycles. The highest BCUT2D eigenvalue weighted by Gasteiger charge is 2.09. The lowest BCUT2D eigenvalue weighted by Crippen LogP contribution is -2.18. The predicted octanol–water partition coefficient (Wildman–Crippen LogP) is 3.84. The number of aryl methyl sites for hydroxylation is 1. The van der Waals surface area contributed by atoms with Gasteiger partial charge in [-0.05, 0) is 48.7 Å². The van der Waals surface area contributed by atoms with E-state index in [0.717, 1.165) is 23.3 Å². The van der Waals surface area contributed by atoms with E-state index in [4.69, 9.17) is 16.3 Å². The van der Waals surface area contributed by atoms with Gasteiger partial charge < -0.3 is 15.4 Å². The van der Waals surface area contributed by atoms with Crippen molar-refractivity contribution in [1.82, 2.24) is 5.32 Å². The van der Waals surface area contributed by atoms with Crippen LogP contribution in [0.5, 0.6) is 5.75 Å². The minimum Gasteiger partial charge on any atom is -0.497 e. The summed E-state index contributed by atoms with van der Waals surface area (Å²) in [6.07, 6.45) is 2.18. The van der Waals surface area contributed by atoms with Gasteiger partial charge in [-0.15, -0.1) is 0 Å². The molecule has 134 valence electrons. The predicted molar refractivity (Wildman–Crippen MR) is 103 cm³/mol. The summed E-state index contributed by atoms with van der Waals surface area (Å²) in [5, 5.41) is 15.4. The van der Waals surface area contributed by atoms with Crippen LogP contribution >= 0.6 is 11.6 Å². The van der Waals surface area contributed by atoms with Crippen molar-refractivity contribution in [2.24, 2.45) is 0 Å². The summed E-state index contributed by atoms with van der Waals surface area (Å²) in [4.78, 5) is 12.2. The molecule has 0 fully saturated rings. The molecule has 2 aromatic rings. The topological polar surface area (TPSA) is 74.1 Å². The van der Waals surface area contributed by atoms with Gasteiger partial charge in [-0.2, -0.15) is 5.26 Å². The normalized spacial score (nSPS) is 10.8. The fraction of sp³-hybridized carbons (Fsp3) is 0.200. The van der Waals surface area contributed by atoms with E-state index < -0.39 is 5.91 Å². The number of hydrogen-bond donors (Lipinski definition) is 2. The Hall–Kier alpha value is -2.97. The molecule has 0 radical (unpaired) electrons. The Morgan fingerprint density at radius 3 is 2.62 bits per heavy atom. The summed E-state index contributed by atoms with van der Waals surface area (Å²) < 4.78 is 5.12. The Labute approximate surface area is 158 Å². The molecule has 0 bridgehead atoms. The molecular formula is C20H20ClN3O2. The van der Waals surface area contributed by atoms with E-state index >= 15 is 0 Å². The maximum absolute atomic E-state index is 12.2. The quantitative estimate of drug-likeness (QED) is 0.442. The second-order valence-electron chi connectivity index (χ2n) is 5.64. The standard InChI is InChI=1S/C20H20ClN3O2/c1-14-3-6-17(11-19(14)21)24-20(25)16(12-22)13-23-10-9-15-4-7-18(26-2)8-5-15/h3-8,11,13,23H,9-10H2,1-2H3,(H,24,25)/b16-13-. The van der Waals surface area contributed by atoms with Crippen molar-refractivity contribution >= 4 is 23.2 Å². The van der Waals surface area contributed by atoms with E-state index in [1.54, 1.807) is 25.3 Å². The van der Waals surface area contributed by atoms with Crippen LogP contribution < -0.4 is 15.4 Å². The van der Waals surface area contributed by atoms with Crippen LogP contribution in [0.4, 0.5) is 5.69 Å². The fourth-order valence-electron chi connectivity index (χ4n) is 2.20. The van der Waals surface area contributed by atoms with Gasteiger partial charge in [0.05, 0.1) is 7.11 Å². The lowest BCUT2D eigenvalue weighted by Gasteiger charge is -2.07. The number of carbonyl (C=O) groups is 1. The number of benzene rings is 2. The van der Waals surface area contributed by atoms with Crippen LogP contribution in [-0.2, 0) is 11.2 Å². The summed E-state index contributed by atoms with van der Waals surface area (Å²) >= 11 is 6.04. The first-order valence-corrected chi connectivity index (χ1v) is 8.45. The monoisotopic (exact) mass is 369 g/mol. The van der Waals surface area contributed by atoms with Crippen molar-refractivity contribution < 1.29 is 9.53 Å². The number of ether oxygens (including phenoxy) is 1. The van der Waals surface area contributed by atoms with Gasteiger partial charge in [0.2, 0.25) is 0 Å². The number of nitrogens with one attached hydrogen (secondary N) is 2. The molecule has 0 spiro atoms. The van der Waals surface area contributed by atoms with Gasteiger partial charge in [0, 0.05) is 23.5 Å². The van der Waals surface area contributed by atoms with Gasteiger partial charge in [0.1, 0.15) is 17.4 Å². The molecule has 0 saturated heterocycles. The highest BCUT2D eigenvalue weighted by Crippen LogP contribution is 2.20. The van der Waals surface area contributed by atoms with E-state index in [9.17, 15) is 10.1 Å². The number of carbonyl (C=O) groups excluding carboxylic acids is 1. The van der Waals surface area contributed by atoms with E-state index in [1.807, 2.05) is 37.3 Å². The zero-order valence-corrected chi connectivity index (χ0v) is 15.4. The third kappa shape index (κ3) is 5.54. The van der Waals surface area contributed by atoms with Crippen molar-refractivity contribution in [2.75, 3.05) is 19.0 Å². The third-order valence-corrected chi connectivity index (χ3v) is 4.17. The maximum Gasteiger partial charge on any atom is 0.267 e. The van der Waals surface area contributed by atoms with E-state index in [-0.39, 0.29) is 5.57 Å². The van der Waals surface area contributed by atoms with Crippen LogP contribution in [0.25, 0.3) is 0 Å². The number of rotatable bonds is 7. The van der Waals surface area contributed by atoms with Gasteiger partial charge in [0.25, 0.3) is 5.91 Å². The number of hydrogen-bond acceptors (Lipinski definition) is 4. The Bertz CT molecular complexity index is 839. The number of nitrogens with zero attached hydrogens (tertiary/aromatic N) is 1. The average molecular weight is 370 g/mol. The molecule has 0 atom stereocenters. The van der Waals surface area contributed by atoms with E-state index in [0.29, 0.717) is 17.3 Å². The van der Waals surface area contributed by atoms with Gasteiger partial charge in [-0.1, -0.05) is 29.8 Å². The molecule has 6 heteroatoms. The molecule has 0 aliphatic heterocycles. The molecule has 0 unspecified atom stereocenters. The van der Waals surface area contributed by atoms with Gasteiger partial charge in [0.15, 0.2) is 0 Å². The Balaban J connectivity index is 1.88. The highest BCUT2D eigenvalue weighted by molar-refractivity contribution is 6.31. The lowest BCUT2D eigenvalue weighted by atomic mass is 10.1. The lowest BCUT2D eigenvalue weighted by molar-refractivity contribution is -0.112. The first-order chi connectivity index (χ1) is 12.5. The number of anilines is 1. The summed E-state index contributed by atoms with van der Waals surface area (Å²) in [5.74, 6) is 0.325. The average Bonchev–Trinajstić information content (AvgIpc) is 2.65. The van der Waals surface area contributed by atoms with Gasteiger partial charge in [-0.25, -0.2) is 0 Å². The smallest absolute Gasteiger partial charge is 0.267 e. The van der Waals surface area contributed by atoms with Crippen LogP contribution in [-0.4, -0.2) is 19.6 Å². The highest BCUT2D eigenvalue weighted by atomic mass is 35.5. The van der Waals surface area contributed by atoms with Crippen LogP contribution in [0.15, 0.2) is 54.2 Å². The van der Waals surface area contributed by atoms with Crippen LogP contribution in [0, 0.1) is 18.3 Å². The minimum atomic E-state index is -0.482. The van der Waals surface area contributed by atoms with E-state index in [2.05, 4.69) is 10.6 Å². The Morgan fingerprint density at radius 2 is 2.00 bits per heavy atom. The molecule has 26 heavy (non-hydrogen) atoms. The van der Waals surface area contributed by atoms with Gasteiger partial charge in [-0.3, -0.25) is 4.79 Å². The number of nitriles is 1. The molecular weight excluding hydrogens is 350 g/mol. The second-order valence-corrected chi connectivity index (χ2v) is 6.05. The van der Waals surface area contributed by atoms with Crippen molar-refractivity contribution in [3.05, 3.63) is 70.4 Å².